The van der Waals surface area contributed by atoms with E-state index in [-0.39, 0.29) is 0 Å². The third kappa shape index (κ3) is 17.1. The van der Waals surface area contributed by atoms with E-state index in [4.69, 9.17) is 50.6 Å². The Kier molecular flexibility index (Phi) is 21.3. The molecule has 354 valence electrons. The maximum absolute atomic E-state index is 12.4. The standard InChI is InChI=1S/C54H67Cl2N2O7P/c1-39(2)31-45-19-15-41(35-49(45)55)11-5-25-62-53-21-17-43(33-47(53)51-13-7-27-60-51)37-57-23-9-29-64-66(59)65-30-10-24-58-38-44-18-22-54(48(34-44)52-14-8-28-61-52)63-26-6-12-42-16-20-46(32-40(3)4)50(56)36-42/h7-8,13-22,27-28,33-36,39-40,57-58,66H,5-6,9-12,23-26,29-32,37-38H2,1-4H3. The molecule has 0 saturated carbocycles. The van der Waals surface area contributed by atoms with E-state index in [0.29, 0.717) is 77.3 Å². The van der Waals surface area contributed by atoms with Gasteiger partial charge in [0.1, 0.15) is 23.0 Å². The van der Waals surface area contributed by atoms with Crippen molar-refractivity contribution in [2.45, 2.75) is 92.2 Å². The Labute approximate surface area is 402 Å². The van der Waals surface area contributed by atoms with Gasteiger partial charge in [-0.15, -0.1) is 0 Å². The molecule has 0 bridgehead atoms. The predicted molar refractivity (Wildman–Crippen MR) is 269 cm³/mol. The number of benzene rings is 4. The quantitative estimate of drug-likeness (QED) is 0.0337. The minimum Gasteiger partial charge on any atom is -0.493 e. The maximum atomic E-state index is 12.4. The minimum absolute atomic E-state index is 0.348. The Hall–Kier alpha value is -4.31. The van der Waals surface area contributed by atoms with Crippen LogP contribution in [0.15, 0.2) is 118 Å². The van der Waals surface area contributed by atoms with Gasteiger partial charge in [0, 0.05) is 23.1 Å². The summed E-state index contributed by atoms with van der Waals surface area (Å²) in [6.07, 6.45) is 10.2. The van der Waals surface area contributed by atoms with Crippen LogP contribution in [0.3, 0.4) is 0 Å². The summed E-state index contributed by atoms with van der Waals surface area (Å²) in [5.41, 5.74) is 8.88. The van der Waals surface area contributed by atoms with Crippen molar-refractivity contribution in [3.8, 4) is 34.1 Å². The molecular weight excluding hydrogens is 890 g/mol. The van der Waals surface area contributed by atoms with E-state index < -0.39 is 8.25 Å². The molecule has 0 aliphatic carbocycles. The number of ether oxygens (including phenoxy) is 2. The zero-order valence-electron chi connectivity index (χ0n) is 39.0. The van der Waals surface area contributed by atoms with Crippen molar-refractivity contribution < 1.29 is 31.9 Å². The molecule has 0 amide bonds. The molecule has 2 heterocycles. The molecule has 2 aromatic heterocycles. The van der Waals surface area contributed by atoms with Gasteiger partial charge in [-0.3, -0.25) is 4.57 Å². The molecule has 4 aromatic carbocycles. The zero-order valence-corrected chi connectivity index (χ0v) is 41.5. The minimum atomic E-state index is -2.57. The number of nitrogens with one attached hydrogen (secondary N) is 2. The molecule has 9 nitrogen and oxygen atoms in total. The first kappa shape index (κ1) is 51.1. The van der Waals surface area contributed by atoms with Gasteiger partial charge >= 0.3 is 8.25 Å². The van der Waals surface area contributed by atoms with E-state index in [1.165, 1.54) is 22.3 Å². The Morgan fingerprint density at radius 1 is 0.545 bits per heavy atom. The van der Waals surface area contributed by atoms with Crippen LogP contribution >= 0.6 is 31.5 Å². The van der Waals surface area contributed by atoms with Gasteiger partial charge in [-0.05, 0) is 170 Å². The lowest BCUT2D eigenvalue weighted by Gasteiger charge is -2.13. The topological polar surface area (TPSA) is 104 Å². The second kappa shape index (κ2) is 27.5. The molecule has 2 N–H and O–H groups in total. The molecule has 0 radical (unpaired) electrons. The number of rotatable bonds is 30. The summed E-state index contributed by atoms with van der Waals surface area (Å²) < 4.78 is 47.4. The summed E-state index contributed by atoms with van der Waals surface area (Å²) in [6.45, 7) is 13.4. The van der Waals surface area contributed by atoms with E-state index in [1.54, 1.807) is 12.5 Å². The van der Waals surface area contributed by atoms with E-state index in [9.17, 15) is 4.57 Å². The second-order valence-electron chi connectivity index (χ2n) is 17.6. The first-order chi connectivity index (χ1) is 32.1. The molecule has 0 aliphatic heterocycles. The molecule has 0 fully saturated rings. The van der Waals surface area contributed by atoms with Crippen LogP contribution in [0.1, 0.15) is 86.8 Å². The zero-order chi connectivity index (χ0) is 46.5. The van der Waals surface area contributed by atoms with Gasteiger partial charge < -0.3 is 38.0 Å². The fourth-order valence-electron chi connectivity index (χ4n) is 7.71. The lowest BCUT2D eigenvalue weighted by molar-refractivity contribution is 0.220. The predicted octanol–water partition coefficient (Wildman–Crippen LogP) is 14.0. The van der Waals surface area contributed by atoms with Gasteiger partial charge in [-0.1, -0.05) is 87.3 Å². The van der Waals surface area contributed by atoms with Crippen LogP contribution in [0.25, 0.3) is 22.6 Å². The number of aryl methyl sites for hydroxylation is 2. The van der Waals surface area contributed by atoms with Crippen LogP contribution < -0.4 is 20.1 Å². The SMILES string of the molecule is CC(C)Cc1ccc(CCCOc2ccc(CNCCCO[PH](=O)OCCCNCc3ccc(OCCCc4ccc(CC(C)C)c(Cl)c4)c(-c4ccco4)c3)cc2-c2ccco2)cc1Cl. The number of hydrogen-bond donors (Lipinski definition) is 2. The fourth-order valence-corrected chi connectivity index (χ4v) is 8.97. The van der Waals surface area contributed by atoms with E-state index in [2.05, 4.69) is 99.0 Å². The van der Waals surface area contributed by atoms with Gasteiger partial charge in [0.15, 0.2) is 0 Å². The van der Waals surface area contributed by atoms with Crippen LogP contribution in [-0.2, 0) is 52.4 Å². The summed E-state index contributed by atoms with van der Waals surface area (Å²) in [5.74, 6) is 4.24. The van der Waals surface area contributed by atoms with Gasteiger partial charge in [-0.25, -0.2) is 0 Å². The Balaban J connectivity index is 0.831. The van der Waals surface area contributed by atoms with Crippen molar-refractivity contribution in [1.82, 2.24) is 10.6 Å². The van der Waals surface area contributed by atoms with Gasteiger partial charge in [0.05, 0.1) is 50.1 Å². The monoisotopic (exact) mass is 956 g/mol. The first-order valence-corrected chi connectivity index (χ1v) is 25.4. The molecule has 0 aliphatic rings. The van der Waals surface area contributed by atoms with Crippen LogP contribution in [0.2, 0.25) is 10.0 Å². The molecule has 0 unspecified atom stereocenters. The summed E-state index contributed by atoms with van der Waals surface area (Å²) in [5, 5.41) is 8.60. The van der Waals surface area contributed by atoms with E-state index >= 15 is 0 Å². The van der Waals surface area contributed by atoms with Crippen LogP contribution in [0.5, 0.6) is 11.5 Å². The van der Waals surface area contributed by atoms with Crippen molar-refractivity contribution in [2.75, 3.05) is 39.5 Å². The lowest BCUT2D eigenvalue weighted by atomic mass is 10.0. The average Bonchev–Trinajstić information content (AvgIpc) is 4.05. The Morgan fingerprint density at radius 3 is 1.38 bits per heavy atom. The maximum Gasteiger partial charge on any atom is 0.319 e. The third-order valence-electron chi connectivity index (χ3n) is 11.0. The van der Waals surface area contributed by atoms with Crippen molar-refractivity contribution >= 4 is 31.5 Å². The highest BCUT2D eigenvalue weighted by Gasteiger charge is 2.14. The summed E-state index contributed by atoms with van der Waals surface area (Å²) in [6, 6.07) is 32.8. The van der Waals surface area contributed by atoms with Crippen molar-refractivity contribution in [1.29, 1.82) is 0 Å². The normalized spacial score (nSPS) is 11.7. The number of halogens is 2. The summed E-state index contributed by atoms with van der Waals surface area (Å²) >= 11 is 13.1. The van der Waals surface area contributed by atoms with Crippen molar-refractivity contribution in [3.05, 3.63) is 153 Å². The van der Waals surface area contributed by atoms with Gasteiger partial charge in [0.25, 0.3) is 0 Å². The summed E-state index contributed by atoms with van der Waals surface area (Å²) in [7, 11) is -2.57. The summed E-state index contributed by atoms with van der Waals surface area (Å²) in [4.78, 5) is 0. The molecule has 6 aromatic rings. The lowest BCUT2D eigenvalue weighted by Crippen LogP contribution is -2.16. The molecule has 0 atom stereocenters. The molecule has 0 spiro atoms. The highest BCUT2D eigenvalue weighted by molar-refractivity contribution is 7.33. The van der Waals surface area contributed by atoms with Crippen LogP contribution in [0, 0.1) is 11.8 Å². The Morgan fingerprint density at radius 2 is 0.985 bits per heavy atom. The number of furan rings is 2. The smallest absolute Gasteiger partial charge is 0.319 e. The van der Waals surface area contributed by atoms with E-state index in [0.717, 1.165) is 93.8 Å². The van der Waals surface area contributed by atoms with Gasteiger partial charge in [-0.2, -0.15) is 0 Å². The molecule has 12 heteroatoms. The van der Waals surface area contributed by atoms with Gasteiger partial charge in [0.2, 0.25) is 0 Å². The molecule has 66 heavy (non-hydrogen) atoms. The highest BCUT2D eigenvalue weighted by atomic mass is 35.5. The van der Waals surface area contributed by atoms with E-state index in [1.807, 2.05) is 36.4 Å². The van der Waals surface area contributed by atoms with Crippen LogP contribution in [0.4, 0.5) is 0 Å². The van der Waals surface area contributed by atoms with Crippen molar-refractivity contribution in [3.63, 3.8) is 0 Å². The largest absolute Gasteiger partial charge is 0.493 e. The Bertz CT molecular complexity index is 2210. The fraction of sp³-hybridized carbons (Fsp3) is 0.407. The molecular formula is C54H67Cl2N2O7P. The number of hydrogen-bond acceptors (Lipinski definition) is 9. The third-order valence-corrected chi connectivity index (χ3v) is 12.6. The molecule has 6 rings (SSSR count). The van der Waals surface area contributed by atoms with Crippen molar-refractivity contribution in [2.24, 2.45) is 11.8 Å². The molecule has 0 saturated heterocycles. The second-order valence-corrected chi connectivity index (χ2v) is 19.5. The van der Waals surface area contributed by atoms with Crippen LogP contribution in [-0.4, -0.2) is 39.5 Å². The highest BCUT2D eigenvalue weighted by Crippen LogP contribution is 2.34. The first-order valence-electron chi connectivity index (χ1n) is 23.5. The average molecular weight is 958 g/mol.